The molecule has 0 radical (unpaired) electrons. The minimum absolute atomic E-state index is 0.677. The molecule has 0 saturated heterocycles. The van der Waals surface area contributed by atoms with Crippen molar-refractivity contribution in [3.8, 4) is 0 Å². The van der Waals surface area contributed by atoms with Crippen molar-refractivity contribution < 1.29 is 0 Å². The van der Waals surface area contributed by atoms with E-state index in [1.54, 1.807) is 5.56 Å². The van der Waals surface area contributed by atoms with Gasteiger partial charge in [-0.1, -0.05) is 97.9 Å². The molecule has 3 aromatic rings. The molecule has 34 heavy (non-hydrogen) atoms. The highest BCUT2D eigenvalue weighted by Gasteiger charge is 2.24. The van der Waals surface area contributed by atoms with Crippen molar-refractivity contribution in [3.63, 3.8) is 0 Å². The van der Waals surface area contributed by atoms with E-state index in [0.29, 0.717) is 5.92 Å². The minimum Gasteiger partial charge on any atom is -0.0917 e. The van der Waals surface area contributed by atoms with Crippen LogP contribution in [0.25, 0.3) is 0 Å². The van der Waals surface area contributed by atoms with Crippen LogP contribution in [-0.4, -0.2) is 0 Å². The number of benzene rings is 3. The van der Waals surface area contributed by atoms with Crippen LogP contribution in [0.1, 0.15) is 92.0 Å². The van der Waals surface area contributed by atoms with Gasteiger partial charge in [0, 0.05) is 0 Å². The first-order valence-electron chi connectivity index (χ1n) is 13.5. The van der Waals surface area contributed by atoms with Gasteiger partial charge in [0.1, 0.15) is 0 Å². The fraction of sp³-hybridized carbons (Fsp3) is 0.412. The molecule has 0 aliphatic heterocycles. The lowest BCUT2D eigenvalue weighted by atomic mass is 9.75. The summed E-state index contributed by atoms with van der Waals surface area (Å²) < 4.78 is 0. The molecular weight excluding hydrogens is 408 g/mol. The Labute approximate surface area is 208 Å². The van der Waals surface area contributed by atoms with Gasteiger partial charge in [0.05, 0.1) is 0 Å². The molecule has 0 N–H and O–H groups in total. The molecule has 0 bridgehead atoms. The molecule has 178 valence electrons. The van der Waals surface area contributed by atoms with Gasteiger partial charge in [0.2, 0.25) is 0 Å². The van der Waals surface area contributed by atoms with Crippen molar-refractivity contribution in [3.05, 3.63) is 119 Å². The van der Waals surface area contributed by atoms with E-state index in [2.05, 4.69) is 105 Å². The van der Waals surface area contributed by atoms with Gasteiger partial charge in [-0.3, -0.25) is 0 Å². The van der Waals surface area contributed by atoms with Gasteiger partial charge in [0.25, 0.3) is 0 Å². The lowest BCUT2D eigenvalue weighted by molar-refractivity contribution is 0.297. The van der Waals surface area contributed by atoms with Gasteiger partial charge >= 0.3 is 0 Å². The second-order valence-corrected chi connectivity index (χ2v) is 10.4. The highest BCUT2D eigenvalue weighted by atomic mass is 14.3. The summed E-state index contributed by atoms with van der Waals surface area (Å²) in [5.41, 5.74) is 7.41. The van der Waals surface area contributed by atoms with Crippen molar-refractivity contribution >= 4 is 0 Å². The third kappa shape index (κ3) is 7.20. The van der Waals surface area contributed by atoms with Gasteiger partial charge in [-0.05, 0) is 110 Å². The lowest BCUT2D eigenvalue weighted by Crippen LogP contribution is -2.15. The van der Waals surface area contributed by atoms with E-state index in [9.17, 15) is 0 Å². The molecule has 0 amide bonds. The molecule has 0 heterocycles. The minimum atomic E-state index is 0.677. The third-order valence-electron chi connectivity index (χ3n) is 7.91. The fourth-order valence-corrected chi connectivity index (χ4v) is 5.68. The van der Waals surface area contributed by atoms with Gasteiger partial charge in [0.15, 0.2) is 0 Å². The van der Waals surface area contributed by atoms with Crippen LogP contribution in [0.3, 0.4) is 0 Å². The van der Waals surface area contributed by atoms with Crippen LogP contribution in [0.4, 0.5) is 0 Å². The van der Waals surface area contributed by atoms with E-state index in [4.69, 9.17) is 0 Å². The van der Waals surface area contributed by atoms with E-state index in [0.717, 1.165) is 37.5 Å². The molecule has 1 aliphatic carbocycles. The number of aryl methyl sites for hydroxylation is 3. The molecule has 1 fully saturated rings. The second kappa shape index (κ2) is 12.7. The van der Waals surface area contributed by atoms with Crippen LogP contribution in [0, 0.1) is 5.92 Å². The zero-order valence-corrected chi connectivity index (χ0v) is 21.3. The first kappa shape index (κ1) is 24.5. The molecule has 4 rings (SSSR count). The highest BCUT2D eigenvalue weighted by Crippen LogP contribution is 2.39. The largest absolute Gasteiger partial charge is 0.0917 e. The Bertz CT molecular complexity index is 986. The molecule has 1 atom stereocenters. The van der Waals surface area contributed by atoms with E-state index in [1.165, 1.54) is 54.4 Å². The third-order valence-corrected chi connectivity index (χ3v) is 7.91. The molecule has 0 spiro atoms. The molecule has 1 saturated carbocycles. The van der Waals surface area contributed by atoms with Crippen molar-refractivity contribution in [1.29, 1.82) is 0 Å². The predicted octanol–water partition coefficient (Wildman–Crippen LogP) is 9.45. The topological polar surface area (TPSA) is 0 Å². The number of hydrogen-bond donors (Lipinski definition) is 0. The summed E-state index contributed by atoms with van der Waals surface area (Å²) in [4.78, 5) is 0. The van der Waals surface area contributed by atoms with E-state index >= 15 is 0 Å². The smallest absolute Gasteiger partial charge is 0.0162 e. The number of rotatable bonds is 10. The van der Waals surface area contributed by atoms with Crippen LogP contribution in [0.15, 0.2) is 91.0 Å². The van der Waals surface area contributed by atoms with Crippen LogP contribution in [0.2, 0.25) is 0 Å². The maximum absolute atomic E-state index is 2.41. The average Bonchev–Trinajstić information content (AvgIpc) is 2.90. The standard InChI is InChI=1S/C34H42/c1-3-4-6-9-28-12-14-29(15-13-28)16-17-30-18-22-33(23-19-30)34-24-20-31(21-25-34)26-27(2)32-10-7-5-8-11-32/h3-5,7-8,10-15,18-19,22-23,27,31,34H,6,9,16-17,20-21,24-26H2,1-2H3/b4-3+/t27-,31?,34?/m0/s1. The van der Waals surface area contributed by atoms with Gasteiger partial charge < -0.3 is 0 Å². The van der Waals surface area contributed by atoms with Crippen LogP contribution >= 0.6 is 0 Å². The zero-order valence-electron chi connectivity index (χ0n) is 21.3. The Morgan fingerprint density at radius 3 is 1.85 bits per heavy atom. The first-order valence-corrected chi connectivity index (χ1v) is 13.5. The molecule has 0 aromatic heterocycles. The lowest BCUT2D eigenvalue weighted by Gasteiger charge is -2.30. The van der Waals surface area contributed by atoms with Crippen molar-refractivity contribution in [2.75, 3.05) is 0 Å². The van der Waals surface area contributed by atoms with Gasteiger partial charge in [-0.25, -0.2) is 0 Å². The maximum Gasteiger partial charge on any atom is -0.0162 e. The molecule has 3 aromatic carbocycles. The summed E-state index contributed by atoms with van der Waals surface area (Å²) in [5, 5.41) is 0. The van der Waals surface area contributed by atoms with E-state index in [1.807, 2.05) is 0 Å². The summed E-state index contributed by atoms with van der Waals surface area (Å²) in [5.74, 6) is 2.32. The Morgan fingerprint density at radius 2 is 1.26 bits per heavy atom. The summed E-state index contributed by atoms with van der Waals surface area (Å²) >= 11 is 0. The number of hydrogen-bond acceptors (Lipinski definition) is 0. The van der Waals surface area contributed by atoms with Gasteiger partial charge in [-0.2, -0.15) is 0 Å². The molecule has 0 heteroatoms. The Morgan fingerprint density at radius 1 is 0.706 bits per heavy atom. The Kier molecular flexibility index (Phi) is 9.19. The molecular formula is C34H42. The highest BCUT2D eigenvalue weighted by molar-refractivity contribution is 5.28. The second-order valence-electron chi connectivity index (χ2n) is 10.4. The monoisotopic (exact) mass is 450 g/mol. The quantitative estimate of drug-likeness (QED) is 0.270. The maximum atomic E-state index is 2.41. The molecule has 0 unspecified atom stereocenters. The fourth-order valence-electron chi connectivity index (χ4n) is 5.68. The summed E-state index contributed by atoms with van der Waals surface area (Å²) in [6.45, 7) is 4.49. The normalized spacial score (nSPS) is 19.4. The Hall–Kier alpha value is -2.60. The van der Waals surface area contributed by atoms with Crippen LogP contribution in [0.5, 0.6) is 0 Å². The summed E-state index contributed by atoms with van der Waals surface area (Å²) in [6.07, 6.45) is 15.7. The predicted molar refractivity (Wildman–Crippen MR) is 148 cm³/mol. The van der Waals surface area contributed by atoms with Crippen LogP contribution in [-0.2, 0) is 19.3 Å². The zero-order chi connectivity index (χ0) is 23.6. The molecule has 0 nitrogen and oxygen atoms in total. The molecule has 1 aliphatic rings. The van der Waals surface area contributed by atoms with Crippen molar-refractivity contribution in [2.45, 2.75) is 83.5 Å². The van der Waals surface area contributed by atoms with Crippen LogP contribution < -0.4 is 0 Å². The first-order chi connectivity index (χ1) is 16.7. The SMILES string of the molecule is C/C=C/CCc1ccc(CCc2ccc(C3CCC(C[C@H](C)c4ccccc4)CC3)cc2)cc1. The van der Waals surface area contributed by atoms with E-state index in [-0.39, 0.29) is 0 Å². The van der Waals surface area contributed by atoms with Gasteiger partial charge in [-0.15, -0.1) is 0 Å². The van der Waals surface area contributed by atoms with Crippen molar-refractivity contribution in [2.24, 2.45) is 5.92 Å². The average molecular weight is 451 g/mol. The number of allylic oxidation sites excluding steroid dienone is 2. The van der Waals surface area contributed by atoms with Crippen molar-refractivity contribution in [1.82, 2.24) is 0 Å². The van der Waals surface area contributed by atoms with E-state index < -0.39 is 0 Å². The Balaban J connectivity index is 1.21. The summed E-state index contributed by atoms with van der Waals surface area (Å²) in [7, 11) is 0. The summed E-state index contributed by atoms with van der Waals surface area (Å²) in [6, 6.07) is 29.9.